The second kappa shape index (κ2) is 7.76. The van der Waals surface area contributed by atoms with Gasteiger partial charge < -0.3 is 9.88 Å². The van der Waals surface area contributed by atoms with Gasteiger partial charge >= 0.3 is 0 Å². The van der Waals surface area contributed by atoms with E-state index in [2.05, 4.69) is 26.2 Å². The summed E-state index contributed by atoms with van der Waals surface area (Å²) in [6, 6.07) is 19.1. The fourth-order valence-corrected chi connectivity index (χ4v) is 3.81. The molecule has 7 heteroatoms. The molecule has 0 saturated carbocycles. The molecule has 0 spiro atoms. The van der Waals surface area contributed by atoms with Crippen LogP contribution in [0.2, 0.25) is 5.02 Å². The normalized spacial score (nSPS) is 16.9. The maximum absolute atomic E-state index is 12.3. The number of amides is 1. The molecule has 4 rings (SSSR count). The number of benzene rings is 2. The minimum Gasteiger partial charge on any atom is -0.317 e. The van der Waals surface area contributed by atoms with Gasteiger partial charge in [-0.3, -0.25) is 4.79 Å². The zero-order valence-corrected chi connectivity index (χ0v) is 17.1. The molecule has 1 aliphatic heterocycles. The molecular formula is C20H13BrClN3OS. The molecule has 0 bridgehead atoms. The zero-order valence-electron chi connectivity index (χ0n) is 13.9. The van der Waals surface area contributed by atoms with Crippen LogP contribution in [0.3, 0.4) is 0 Å². The van der Waals surface area contributed by atoms with Gasteiger partial charge in [-0.05, 0) is 78.5 Å². The van der Waals surface area contributed by atoms with Crippen molar-refractivity contribution in [2.24, 2.45) is 4.99 Å². The summed E-state index contributed by atoms with van der Waals surface area (Å²) in [6.45, 7) is 0. The van der Waals surface area contributed by atoms with Crippen molar-refractivity contribution < 1.29 is 4.79 Å². The number of nitrogens with zero attached hydrogens (tertiary/aromatic N) is 2. The number of thioether (sulfide) groups is 1. The van der Waals surface area contributed by atoms with E-state index in [4.69, 9.17) is 11.6 Å². The Hall–Kier alpha value is -2.28. The molecule has 2 aromatic carbocycles. The van der Waals surface area contributed by atoms with E-state index >= 15 is 0 Å². The summed E-state index contributed by atoms with van der Waals surface area (Å²) in [6.07, 6.45) is 3.84. The van der Waals surface area contributed by atoms with Crippen LogP contribution in [0.1, 0.15) is 5.69 Å². The molecule has 1 amide bonds. The summed E-state index contributed by atoms with van der Waals surface area (Å²) in [5.74, 6) is -0.156. The number of rotatable bonds is 3. The summed E-state index contributed by atoms with van der Waals surface area (Å²) in [4.78, 5) is 17.4. The van der Waals surface area contributed by atoms with Gasteiger partial charge in [0.15, 0.2) is 5.17 Å². The highest BCUT2D eigenvalue weighted by atomic mass is 79.9. The lowest BCUT2D eigenvalue weighted by Gasteiger charge is -2.07. The first-order chi connectivity index (χ1) is 13.1. The molecule has 134 valence electrons. The van der Waals surface area contributed by atoms with Crippen molar-refractivity contribution in [3.63, 3.8) is 0 Å². The first-order valence-electron chi connectivity index (χ1n) is 8.07. The number of hydrogen-bond acceptors (Lipinski definition) is 3. The van der Waals surface area contributed by atoms with E-state index in [0.29, 0.717) is 15.1 Å². The van der Waals surface area contributed by atoms with E-state index in [9.17, 15) is 4.79 Å². The molecule has 1 aliphatic rings. The monoisotopic (exact) mass is 457 g/mol. The van der Waals surface area contributed by atoms with E-state index in [1.807, 2.05) is 65.4 Å². The van der Waals surface area contributed by atoms with Crippen LogP contribution in [0.4, 0.5) is 5.69 Å². The van der Waals surface area contributed by atoms with Crippen LogP contribution < -0.4 is 5.32 Å². The van der Waals surface area contributed by atoms with Gasteiger partial charge in [-0.2, -0.15) is 0 Å². The molecule has 4 nitrogen and oxygen atoms in total. The maximum atomic E-state index is 12.3. The molecule has 0 unspecified atom stereocenters. The molecule has 2 heterocycles. The van der Waals surface area contributed by atoms with Gasteiger partial charge in [0.05, 0.1) is 10.6 Å². The van der Waals surface area contributed by atoms with Crippen LogP contribution in [-0.4, -0.2) is 15.6 Å². The van der Waals surface area contributed by atoms with E-state index in [0.717, 1.165) is 21.5 Å². The lowest BCUT2D eigenvalue weighted by Crippen LogP contribution is -2.19. The average molecular weight is 459 g/mol. The lowest BCUT2D eigenvalue weighted by molar-refractivity contribution is -0.115. The first kappa shape index (κ1) is 18.1. The summed E-state index contributed by atoms with van der Waals surface area (Å²) in [5, 5.41) is 4.00. The predicted molar refractivity (Wildman–Crippen MR) is 116 cm³/mol. The third-order valence-electron chi connectivity index (χ3n) is 3.87. The topological polar surface area (TPSA) is 46.4 Å². The van der Waals surface area contributed by atoms with Crippen LogP contribution in [0.25, 0.3) is 11.8 Å². The molecule has 0 radical (unpaired) electrons. The maximum Gasteiger partial charge on any atom is 0.264 e. The third kappa shape index (κ3) is 4.18. The summed E-state index contributed by atoms with van der Waals surface area (Å²) < 4.78 is 3.05. The van der Waals surface area contributed by atoms with Crippen molar-refractivity contribution in [2.75, 3.05) is 0 Å². The van der Waals surface area contributed by atoms with Crippen LogP contribution in [0.15, 0.2) is 81.2 Å². The van der Waals surface area contributed by atoms with Crippen LogP contribution in [-0.2, 0) is 4.79 Å². The molecule has 3 aromatic rings. The lowest BCUT2D eigenvalue weighted by atomic mass is 10.3. The number of nitrogens with one attached hydrogen (secondary N) is 1. The van der Waals surface area contributed by atoms with Gasteiger partial charge in [0.1, 0.15) is 0 Å². The highest BCUT2D eigenvalue weighted by molar-refractivity contribution is 9.10. The number of aromatic nitrogens is 1. The second-order valence-electron chi connectivity index (χ2n) is 5.74. The van der Waals surface area contributed by atoms with Crippen molar-refractivity contribution in [3.8, 4) is 5.69 Å². The zero-order chi connectivity index (χ0) is 18.8. The minimum atomic E-state index is -0.156. The van der Waals surface area contributed by atoms with Gasteiger partial charge in [0.25, 0.3) is 5.91 Å². The van der Waals surface area contributed by atoms with Crippen molar-refractivity contribution in [3.05, 3.63) is 87.0 Å². The number of hydrogen-bond donors (Lipinski definition) is 1. The van der Waals surface area contributed by atoms with E-state index in [-0.39, 0.29) is 5.91 Å². The Kier molecular flexibility index (Phi) is 5.20. The molecule has 27 heavy (non-hydrogen) atoms. The van der Waals surface area contributed by atoms with Gasteiger partial charge in [0, 0.05) is 27.1 Å². The van der Waals surface area contributed by atoms with E-state index < -0.39 is 0 Å². The fraction of sp³-hybridized carbons (Fsp3) is 0. The molecule has 0 atom stereocenters. The molecule has 1 N–H and O–H groups in total. The molecule has 1 fully saturated rings. The van der Waals surface area contributed by atoms with E-state index in [1.54, 1.807) is 12.1 Å². The molecule has 1 aromatic heterocycles. The van der Waals surface area contributed by atoms with E-state index in [1.165, 1.54) is 11.8 Å². The van der Waals surface area contributed by atoms with Crippen molar-refractivity contribution in [1.29, 1.82) is 0 Å². The Morgan fingerprint density at radius 3 is 2.56 bits per heavy atom. The number of aliphatic imine (C=N–C) groups is 1. The van der Waals surface area contributed by atoms with Gasteiger partial charge in [-0.25, -0.2) is 4.99 Å². The van der Waals surface area contributed by atoms with Gasteiger partial charge in [-0.15, -0.1) is 0 Å². The smallest absolute Gasteiger partial charge is 0.264 e. The second-order valence-corrected chi connectivity index (χ2v) is 8.12. The largest absolute Gasteiger partial charge is 0.317 e. The summed E-state index contributed by atoms with van der Waals surface area (Å²) in [7, 11) is 0. The molecule has 0 aliphatic carbocycles. The quantitative estimate of drug-likeness (QED) is 0.505. The average Bonchev–Trinajstić information content (AvgIpc) is 3.25. The number of amidine groups is 1. The fourth-order valence-electron chi connectivity index (χ4n) is 2.60. The Morgan fingerprint density at radius 2 is 1.81 bits per heavy atom. The number of halogens is 2. The van der Waals surface area contributed by atoms with Gasteiger partial charge in [0.2, 0.25) is 0 Å². The molecule has 1 saturated heterocycles. The highest BCUT2D eigenvalue weighted by Gasteiger charge is 2.24. The predicted octanol–water partition coefficient (Wildman–Crippen LogP) is 5.78. The van der Waals surface area contributed by atoms with Crippen molar-refractivity contribution in [2.45, 2.75) is 0 Å². The minimum absolute atomic E-state index is 0.156. The SMILES string of the molecule is O=C1NC(=Nc2ccc(Cl)cc2)SC1=Cc1cccn1-c1ccc(Br)cc1. The van der Waals surface area contributed by atoms with Gasteiger partial charge in [-0.1, -0.05) is 27.5 Å². The standard InChI is InChI=1S/C20H13BrClN3OS/c21-13-3-9-16(10-4-13)25-11-1-2-17(25)12-18-19(26)24-20(27-18)23-15-7-5-14(22)6-8-15/h1-12H,(H,23,24,26). The number of carbonyl (C=O) groups is 1. The van der Waals surface area contributed by atoms with Crippen molar-refractivity contribution in [1.82, 2.24) is 9.88 Å². The first-order valence-corrected chi connectivity index (χ1v) is 10.1. The Balaban J connectivity index is 1.60. The summed E-state index contributed by atoms with van der Waals surface area (Å²) >= 11 is 10.7. The van der Waals surface area contributed by atoms with Crippen molar-refractivity contribution >= 4 is 62.1 Å². The Labute approximate surface area is 174 Å². The van der Waals surface area contributed by atoms with Crippen LogP contribution in [0.5, 0.6) is 0 Å². The highest BCUT2D eigenvalue weighted by Crippen LogP contribution is 2.29. The number of carbonyl (C=O) groups excluding carboxylic acids is 1. The summed E-state index contributed by atoms with van der Waals surface area (Å²) in [5.41, 5.74) is 2.68. The van der Waals surface area contributed by atoms with Crippen LogP contribution >= 0.6 is 39.3 Å². The van der Waals surface area contributed by atoms with Crippen LogP contribution in [0, 0.1) is 0 Å². The molecular weight excluding hydrogens is 446 g/mol. The Morgan fingerprint density at radius 1 is 1.07 bits per heavy atom. The Bertz CT molecular complexity index is 1060. The third-order valence-corrected chi connectivity index (χ3v) is 5.56.